The molecule has 5 nitrogen and oxygen atoms in total. The molecule has 0 bridgehead atoms. The molecule has 0 unspecified atom stereocenters. The molecule has 0 aliphatic rings. The summed E-state index contributed by atoms with van der Waals surface area (Å²) in [5, 5.41) is 5.36. The Morgan fingerprint density at radius 2 is 2.38 bits per heavy atom. The van der Waals surface area contributed by atoms with Crippen molar-refractivity contribution < 1.29 is 4.74 Å². The molecule has 0 atom stereocenters. The van der Waals surface area contributed by atoms with Gasteiger partial charge < -0.3 is 10.1 Å². The van der Waals surface area contributed by atoms with E-state index in [-0.39, 0.29) is 0 Å². The standard InChI is InChI=1S/C15H18N4OS/c1-2-6-16-13-11-19-8-7-17-14(19)15(18-13)20-9-5-12-4-3-10-21-12/h3-4,7-8,10-11,16H,2,5-6,9H2,1H3. The Morgan fingerprint density at radius 1 is 1.43 bits per heavy atom. The average Bonchev–Trinajstić information content (AvgIpc) is 3.15. The van der Waals surface area contributed by atoms with Crippen molar-refractivity contribution in [2.24, 2.45) is 0 Å². The zero-order valence-electron chi connectivity index (χ0n) is 12.0. The van der Waals surface area contributed by atoms with Crippen LogP contribution in [0.5, 0.6) is 5.88 Å². The summed E-state index contributed by atoms with van der Waals surface area (Å²) >= 11 is 1.74. The second kappa shape index (κ2) is 6.58. The number of rotatable bonds is 7. The summed E-state index contributed by atoms with van der Waals surface area (Å²) in [6, 6.07) is 4.17. The van der Waals surface area contributed by atoms with E-state index in [0.29, 0.717) is 12.5 Å². The maximum atomic E-state index is 5.84. The fourth-order valence-electron chi connectivity index (χ4n) is 2.04. The molecule has 0 aliphatic carbocycles. The molecular weight excluding hydrogens is 284 g/mol. The van der Waals surface area contributed by atoms with Gasteiger partial charge in [-0.25, -0.2) is 4.98 Å². The van der Waals surface area contributed by atoms with Gasteiger partial charge in [-0.15, -0.1) is 11.3 Å². The summed E-state index contributed by atoms with van der Waals surface area (Å²) in [5.41, 5.74) is 0.753. The minimum Gasteiger partial charge on any atom is -0.475 e. The number of nitrogens with one attached hydrogen (secondary N) is 1. The molecule has 0 saturated heterocycles. The highest BCUT2D eigenvalue weighted by Crippen LogP contribution is 2.19. The fraction of sp³-hybridized carbons (Fsp3) is 0.333. The van der Waals surface area contributed by atoms with Gasteiger partial charge in [0.15, 0.2) is 0 Å². The van der Waals surface area contributed by atoms with Crippen LogP contribution in [-0.2, 0) is 6.42 Å². The predicted octanol–water partition coefficient (Wildman–Crippen LogP) is 3.23. The summed E-state index contributed by atoms with van der Waals surface area (Å²) in [6.07, 6.45) is 7.54. The van der Waals surface area contributed by atoms with E-state index < -0.39 is 0 Å². The van der Waals surface area contributed by atoms with Gasteiger partial charge >= 0.3 is 0 Å². The van der Waals surface area contributed by atoms with Gasteiger partial charge in [-0.1, -0.05) is 13.0 Å². The molecule has 1 N–H and O–H groups in total. The molecule has 6 heteroatoms. The van der Waals surface area contributed by atoms with Crippen molar-refractivity contribution >= 4 is 22.8 Å². The second-order valence-electron chi connectivity index (χ2n) is 4.69. The normalized spacial score (nSPS) is 10.9. The van der Waals surface area contributed by atoms with Gasteiger partial charge in [0.25, 0.3) is 5.88 Å². The predicted molar refractivity (Wildman–Crippen MR) is 85.3 cm³/mol. The molecule has 3 aromatic heterocycles. The largest absolute Gasteiger partial charge is 0.475 e. The molecule has 0 aromatic carbocycles. The quantitative estimate of drug-likeness (QED) is 0.728. The van der Waals surface area contributed by atoms with Gasteiger partial charge in [-0.05, 0) is 17.9 Å². The molecule has 3 heterocycles. The molecule has 3 aromatic rings. The van der Waals surface area contributed by atoms with Crippen LogP contribution in [0.25, 0.3) is 5.65 Å². The number of nitrogens with zero attached hydrogens (tertiary/aromatic N) is 3. The van der Waals surface area contributed by atoms with Gasteiger partial charge in [0, 0.05) is 30.2 Å². The van der Waals surface area contributed by atoms with Crippen LogP contribution in [0.3, 0.4) is 0 Å². The lowest BCUT2D eigenvalue weighted by Crippen LogP contribution is -2.08. The Balaban J connectivity index is 1.74. The monoisotopic (exact) mass is 302 g/mol. The van der Waals surface area contributed by atoms with Crippen molar-refractivity contribution in [1.29, 1.82) is 0 Å². The van der Waals surface area contributed by atoms with Crippen molar-refractivity contribution in [2.75, 3.05) is 18.5 Å². The number of fused-ring (bicyclic) bond motifs is 1. The van der Waals surface area contributed by atoms with E-state index in [4.69, 9.17) is 4.74 Å². The third-order valence-corrected chi connectivity index (χ3v) is 4.00. The lowest BCUT2D eigenvalue weighted by molar-refractivity contribution is 0.313. The highest BCUT2D eigenvalue weighted by Gasteiger charge is 2.08. The molecule has 0 radical (unpaired) electrons. The van der Waals surface area contributed by atoms with Crippen LogP contribution in [0.1, 0.15) is 18.2 Å². The van der Waals surface area contributed by atoms with Crippen LogP contribution in [0.15, 0.2) is 36.1 Å². The summed E-state index contributed by atoms with van der Waals surface area (Å²) in [7, 11) is 0. The van der Waals surface area contributed by atoms with E-state index in [0.717, 1.165) is 30.9 Å². The Morgan fingerprint density at radius 3 is 3.19 bits per heavy atom. The van der Waals surface area contributed by atoms with Crippen LogP contribution in [0.2, 0.25) is 0 Å². The molecule has 0 saturated carbocycles. The van der Waals surface area contributed by atoms with Gasteiger partial charge in [0.1, 0.15) is 5.82 Å². The Kier molecular flexibility index (Phi) is 4.35. The van der Waals surface area contributed by atoms with Crippen molar-refractivity contribution in [3.63, 3.8) is 0 Å². The average molecular weight is 302 g/mol. The lowest BCUT2D eigenvalue weighted by atomic mass is 10.4. The van der Waals surface area contributed by atoms with Crippen molar-refractivity contribution in [3.05, 3.63) is 41.0 Å². The van der Waals surface area contributed by atoms with Crippen molar-refractivity contribution in [2.45, 2.75) is 19.8 Å². The molecule has 3 rings (SSSR count). The maximum Gasteiger partial charge on any atom is 0.260 e. The molecule has 110 valence electrons. The number of hydrogen-bond acceptors (Lipinski definition) is 5. The molecule has 0 fully saturated rings. The van der Waals surface area contributed by atoms with E-state index in [1.807, 2.05) is 16.8 Å². The topological polar surface area (TPSA) is 51.5 Å². The molecular formula is C15H18N4OS. The van der Waals surface area contributed by atoms with Crippen molar-refractivity contribution in [1.82, 2.24) is 14.4 Å². The van der Waals surface area contributed by atoms with E-state index in [1.165, 1.54) is 4.88 Å². The van der Waals surface area contributed by atoms with Gasteiger partial charge in [-0.3, -0.25) is 4.40 Å². The number of ether oxygens (including phenoxy) is 1. The molecule has 21 heavy (non-hydrogen) atoms. The summed E-state index contributed by atoms with van der Waals surface area (Å²) < 4.78 is 7.78. The minimum atomic E-state index is 0.581. The van der Waals surface area contributed by atoms with Crippen LogP contribution < -0.4 is 10.1 Å². The first kappa shape index (κ1) is 13.9. The van der Waals surface area contributed by atoms with Crippen molar-refractivity contribution in [3.8, 4) is 5.88 Å². The number of aromatic nitrogens is 3. The first-order chi connectivity index (χ1) is 10.4. The Bertz CT molecular complexity index is 693. The summed E-state index contributed by atoms with van der Waals surface area (Å²) in [5.74, 6) is 1.39. The first-order valence-electron chi connectivity index (χ1n) is 7.09. The first-order valence-corrected chi connectivity index (χ1v) is 7.97. The van der Waals surface area contributed by atoms with Gasteiger partial charge in [0.05, 0.1) is 12.8 Å². The minimum absolute atomic E-state index is 0.581. The molecule has 0 spiro atoms. The number of thiophene rings is 1. The van der Waals surface area contributed by atoms with E-state index >= 15 is 0 Å². The number of anilines is 1. The van der Waals surface area contributed by atoms with Crippen LogP contribution >= 0.6 is 11.3 Å². The smallest absolute Gasteiger partial charge is 0.260 e. The van der Waals surface area contributed by atoms with E-state index in [2.05, 4.69) is 39.7 Å². The highest BCUT2D eigenvalue weighted by atomic mass is 32.1. The lowest BCUT2D eigenvalue weighted by Gasteiger charge is -2.09. The van der Waals surface area contributed by atoms with Crippen LogP contribution in [0.4, 0.5) is 5.82 Å². The zero-order chi connectivity index (χ0) is 14.5. The van der Waals surface area contributed by atoms with Crippen LogP contribution in [-0.4, -0.2) is 27.5 Å². The Labute approximate surface area is 127 Å². The fourth-order valence-corrected chi connectivity index (χ4v) is 2.73. The van der Waals surface area contributed by atoms with E-state index in [9.17, 15) is 0 Å². The highest BCUT2D eigenvalue weighted by molar-refractivity contribution is 7.09. The third-order valence-electron chi connectivity index (χ3n) is 3.07. The zero-order valence-corrected chi connectivity index (χ0v) is 12.8. The van der Waals surface area contributed by atoms with Gasteiger partial charge in [-0.2, -0.15) is 4.98 Å². The maximum absolute atomic E-state index is 5.84. The molecule has 0 amide bonds. The third kappa shape index (κ3) is 3.33. The molecule has 0 aliphatic heterocycles. The Hall–Kier alpha value is -2.08. The summed E-state index contributed by atoms with van der Waals surface area (Å²) in [6.45, 7) is 3.62. The van der Waals surface area contributed by atoms with Gasteiger partial charge in [0.2, 0.25) is 5.65 Å². The number of hydrogen-bond donors (Lipinski definition) is 1. The SMILES string of the molecule is CCCNc1cn2ccnc2c(OCCc2cccs2)n1. The summed E-state index contributed by atoms with van der Waals surface area (Å²) in [4.78, 5) is 10.1. The van der Waals surface area contributed by atoms with E-state index in [1.54, 1.807) is 17.5 Å². The van der Waals surface area contributed by atoms with Crippen LogP contribution in [0, 0.1) is 0 Å². The second-order valence-corrected chi connectivity index (χ2v) is 5.73. The number of imidazole rings is 1.